The first-order valence-corrected chi connectivity index (χ1v) is 15.0. The van der Waals surface area contributed by atoms with Crippen molar-refractivity contribution >= 4 is 50.7 Å². The molecule has 40 heavy (non-hydrogen) atoms. The third kappa shape index (κ3) is 7.68. The molecule has 0 unspecified atom stereocenters. The van der Waals surface area contributed by atoms with E-state index in [9.17, 15) is 18.0 Å². The molecular formula is C29H33Cl2N3O5S. The molecule has 0 spiro atoms. The van der Waals surface area contributed by atoms with Crippen LogP contribution in [-0.4, -0.2) is 51.4 Å². The van der Waals surface area contributed by atoms with Crippen LogP contribution in [0.3, 0.4) is 0 Å². The van der Waals surface area contributed by atoms with Crippen molar-refractivity contribution in [2.24, 2.45) is 0 Å². The maximum atomic E-state index is 14.0. The fourth-order valence-electron chi connectivity index (χ4n) is 4.12. The van der Waals surface area contributed by atoms with Gasteiger partial charge >= 0.3 is 0 Å². The standard InChI is InChI=1S/C29H33Cl2N3O5S/c1-4-17-32-29(36)27(5-2)33(19-21-11-16-25(30)26(31)18-21)28(35)20-34(22-9-7-6-8-10-22)40(37,38)24-14-12-23(39-3)13-15-24/h6-16,18,27H,4-5,17,19-20H2,1-3H3,(H,32,36)/t27-/m0/s1. The number of para-hydroxylation sites is 1. The number of rotatable bonds is 13. The van der Waals surface area contributed by atoms with Crippen LogP contribution in [0, 0.1) is 0 Å². The Bertz CT molecular complexity index is 1400. The second kappa shape index (κ2) is 14.4. The number of anilines is 1. The average molecular weight is 607 g/mol. The highest BCUT2D eigenvalue weighted by molar-refractivity contribution is 7.92. The van der Waals surface area contributed by atoms with E-state index < -0.39 is 28.5 Å². The Morgan fingerprint density at radius 1 is 0.950 bits per heavy atom. The Morgan fingerprint density at radius 3 is 2.20 bits per heavy atom. The molecule has 0 fully saturated rings. The molecule has 0 radical (unpaired) electrons. The fraction of sp³-hybridized carbons (Fsp3) is 0.310. The second-order valence-corrected chi connectivity index (χ2v) is 11.7. The molecule has 0 aromatic heterocycles. The molecule has 1 atom stereocenters. The average Bonchev–Trinajstić information content (AvgIpc) is 2.96. The predicted molar refractivity (Wildman–Crippen MR) is 158 cm³/mol. The largest absolute Gasteiger partial charge is 0.497 e. The van der Waals surface area contributed by atoms with Crippen LogP contribution in [0.1, 0.15) is 32.3 Å². The Hall–Kier alpha value is -3.27. The van der Waals surface area contributed by atoms with E-state index >= 15 is 0 Å². The Kier molecular flexibility index (Phi) is 11.2. The van der Waals surface area contributed by atoms with E-state index in [0.717, 1.165) is 10.7 Å². The molecule has 0 aliphatic carbocycles. The molecule has 1 N–H and O–H groups in total. The van der Waals surface area contributed by atoms with Crippen LogP contribution >= 0.6 is 23.2 Å². The van der Waals surface area contributed by atoms with Gasteiger partial charge < -0.3 is 15.0 Å². The molecule has 3 rings (SSSR count). The number of nitrogens with one attached hydrogen (secondary N) is 1. The van der Waals surface area contributed by atoms with Gasteiger partial charge in [0.1, 0.15) is 18.3 Å². The number of benzene rings is 3. The van der Waals surface area contributed by atoms with Gasteiger partial charge in [0.15, 0.2) is 0 Å². The lowest BCUT2D eigenvalue weighted by Crippen LogP contribution is -2.52. The Labute approximate surface area is 245 Å². The van der Waals surface area contributed by atoms with E-state index in [1.165, 1.54) is 24.1 Å². The number of ether oxygens (including phenoxy) is 1. The monoisotopic (exact) mass is 605 g/mol. The zero-order valence-electron chi connectivity index (χ0n) is 22.6. The van der Waals surface area contributed by atoms with Crippen molar-refractivity contribution in [2.45, 2.75) is 44.2 Å². The van der Waals surface area contributed by atoms with Gasteiger partial charge in [-0.1, -0.05) is 61.3 Å². The number of halogens is 2. The molecule has 8 nitrogen and oxygen atoms in total. The lowest BCUT2D eigenvalue weighted by Gasteiger charge is -2.33. The van der Waals surface area contributed by atoms with Gasteiger partial charge in [-0.2, -0.15) is 0 Å². The molecule has 0 saturated heterocycles. The van der Waals surface area contributed by atoms with Crippen LogP contribution in [-0.2, 0) is 26.2 Å². The summed E-state index contributed by atoms with van der Waals surface area (Å²) in [5, 5.41) is 3.52. The quantitative estimate of drug-likeness (QED) is 0.276. The van der Waals surface area contributed by atoms with Gasteiger partial charge in [-0.25, -0.2) is 8.42 Å². The number of hydrogen-bond donors (Lipinski definition) is 1. The van der Waals surface area contributed by atoms with Gasteiger partial charge in [-0.15, -0.1) is 0 Å². The van der Waals surface area contributed by atoms with E-state index in [1.807, 2.05) is 6.92 Å². The number of carbonyl (C=O) groups excluding carboxylic acids is 2. The molecule has 2 amide bonds. The first-order valence-electron chi connectivity index (χ1n) is 12.8. The molecule has 0 saturated carbocycles. The van der Waals surface area contributed by atoms with Crippen molar-refractivity contribution < 1.29 is 22.7 Å². The molecule has 0 aliphatic heterocycles. The lowest BCUT2D eigenvalue weighted by atomic mass is 10.1. The number of amides is 2. The normalized spacial score (nSPS) is 11.9. The number of hydrogen-bond acceptors (Lipinski definition) is 5. The third-order valence-electron chi connectivity index (χ3n) is 6.24. The Morgan fingerprint density at radius 2 is 1.62 bits per heavy atom. The summed E-state index contributed by atoms with van der Waals surface area (Å²) in [5.41, 5.74) is 0.957. The topological polar surface area (TPSA) is 96.0 Å². The third-order valence-corrected chi connectivity index (χ3v) is 8.77. The van der Waals surface area contributed by atoms with Crippen LogP contribution in [0.25, 0.3) is 0 Å². The summed E-state index contributed by atoms with van der Waals surface area (Å²) in [6.45, 7) is 3.68. The summed E-state index contributed by atoms with van der Waals surface area (Å²) in [6, 6.07) is 18.4. The molecule has 0 heterocycles. The zero-order chi connectivity index (χ0) is 29.3. The van der Waals surface area contributed by atoms with Crippen molar-refractivity contribution in [1.29, 1.82) is 0 Å². The van der Waals surface area contributed by atoms with E-state index in [1.54, 1.807) is 67.6 Å². The number of methoxy groups -OCH3 is 1. The van der Waals surface area contributed by atoms with E-state index in [-0.39, 0.29) is 17.3 Å². The Balaban J connectivity index is 2.03. The number of nitrogens with zero attached hydrogens (tertiary/aromatic N) is 2. The predicted octanol–water partition coefficient (Wildman–Crippen LogP) is 5.53. The minimum atomic E-state index is -4.17. The maximum absolute atomic E-state index is 14.0. The second-order valence-electron chi connectivity index (χ2n) is 9.01. The first kappa shape index (κ1) is 31.3. The SMILES string of the molecule is CCCNC(=O)[C@H](CC)N(Cc1ccc(Cl)c(Cl)c1)C(=O)CN(c1ccccc1)S(=O)(=O)c1ccc(OC)cc1. The highest BCUT2D eigenvalue weighted by atomic mass is 35.5. The summed E-state index contributed by atoms with van der Waals surface area (Å²) in [5.74, 6) is -0.370. The smallest absolute Gasteiger partial charge is 0.264 e. The molecule has 0 bridgehead atoms. The summed E-state index contributed by atoms with van der Waals surface area (Å²) in [7, 11) is -2.68. The van der Waals surface area contributed by atoms with Crippen molar-refractivity contribution in [3.8, 4) is 5.75 Å². The minimum Gasteiger partial charge on any atom is -0.497 e. The van der Waals surface area contributed by atoms with Crippen molar-refractivity contribution in [3.05, 3.63) is 88.4 Å². The fourth-order valence-corrected chi connectivity index (χ4v) is 5.85. The summed E-state index contributed by atoms with van der Waals surface area (Å²) in [6.07, 6.45) is 1.05. The molecule has 3 aromatic rings. The zero-order valence-corrected chi connectivity index (χ0v) is 25.0. The van der Waals surface area contributed by atoms with E-state index in [4.69, 9.17) is 27.9 Å². The number of carbonyl (C=O) groups is 2. The highest BCUT2D eigenvalue weighted by Crippen LogP contribution is 2.27. The summed E-state index contributed by atoms with van der Waals surface area (Å²) in [4.78, 5) is 28.5. The maximum Gasteiger partial charge on any atom is 0.264 e. The van der Waals surface area contributed by atoms with Gasteiger partial charge in [-0.3, -0.25) is 13.9 Å². The molecule has 0 aliphatic rings. The summed E-state index contributed by atoms with van der Waals surface area (Å²) < 4.78 is 33.9. The lowest BCUT2D eigenvalue weighted by molar-refractivity contribution is -0.140. The van der Waals surface area contributed by atoms with Crippen molar-refractivity contribution in [2.75, 3.05) is 24.5 Å². The van der Waals surface area contributed by atoms with Crippen molar-refractivity contribution in [3.63, 3.8) is 0 Å². The van der Waals surface area contributed by atoms with Crippen molar-refractivity contribution in [1.82, 2.24) is 10.2 Å². The minimum absolute atomic E-state index is 0.00582. The first-order chi connectivity index (χ1) is 19.1. The highest BCUT2D eigenvalue weighted by Gasteiger charge is 2.33. The van der Waals surface area contributed by atoms with Gasteiger partial charge in [0.2, 0.25) is 11.8 Å². The van der Waals surface area contributed by atoms with Crippen LogP contribution in [0.15, 0.2) is 77.7 Å². The van der Waals surface area contributed by atoms with Gasteiger partial charge in [0.25, 0.3) is 10.0 Å². The molecule has 214 valence electrons. The van der Waals surface area contributed by atoms with E-state index in [2.05, 4.69) is 5.32 Å². The van der Waals surface area contributed by atoms with Crippen LogP contribution in [0.2, 0.25) is 10.0 Å². The molecule has 11 heteroatoms. The van der Waals surface area contributed by atoms with Crippen LogP contribution in [0.5, 0.6) is 5.75 Å². The van der Waals surface area contributed by atoms with Gasteiger partial charge in [0, 0.05) is 13.1 Å². The number of sulfonamides is 1. The van der Waals surface area contributed by atoms with Crippen LogP contribution in [0.4, 0.5) is 5.69 Å². The molecule has 3 aromatic carbocycles. The van der Waals surface area contributed by atoms with Crippen LogP contribution < -0.4 is 14.4 Å². The van der Waals surface area contributed by atoms with E-state index in [0.29, 0.717) is 40.0 Å². The summed E-state index contributed by atoms with van der Waals surface area (Å²) >= 11 is 12.3. The van der Waals surface area contributed by atoms with Gasteiger partial charge in [0.05, 0.1) is 27.7 Å². The van der Waals surface area contributed by atoms with Gasteiger partial charge in [-0.05, 0) is 66.9 Å². The molecular weight excluding hydrogens is 573 g/mol.